The third kappa shape index (κ3) is 4.14. The number of pyridine rings is 1. The Morgan fingerprint density at radius 1 is 1.05 bits per heavy atom. The van der Waals surface area contributed by atoms with Crippen molar-refractivity contribution >= 4 is 58.2 Å². The number of nitrogens with one attached hydrogen (secondary N) is 1. The fourth-order valence-electron chi connectivity index (χ4n) is 1.46. The molecule has 0 saturated carbocycles. The minimum Gasteiger partial charge on any atom is -0.444 e. The molecular formula is C13H8Cl4N2O2. The smallest absolute Gasteiger partial charge is 0.412 e. The molecule has 1 amide bonds. The van der Waals surface area contributed by atoms with Crippen LogP contribution in [0.4, 0.5) is 10.5 Å². The summed E-state index contributed by atoms with van der Waals surface area (Å²) in [5, 5.41) is 2.24. The first-order valence-corrected chi connectivity index (χ1v) is 7.18. The summed E-state index contributed by atoms with van der Waals surface area (Å²) in [5.74, 6) is 0. The quantitative estimate of drug-likeness (QED) is 0.736. The molecule has 0 radical (unpaired) electrons. The molecule has 8 heteroatoms. The highest BCUT2D eigenvalue weighted by atomic mass is 35.5. The van der Waals surface area contributed by atoms with Gasteiger partial charge in [-0.3, -0.25) is 5.32 Å². The summed E-state index contributed by atoms with van der Waals surface area (Å²) < 4.78 is 5.05. The van der Waals surface area contributed by atoms with Crippen LogP contribution in [0.5, 0.6) is 0 Å². The number of carbonyl (C=O) groups is 1. The average Bonchev–Trinajstić information content (AvgIpc) is 2.48. The van der Waals surface area contributed by atoms with E-state index in [0.717, 1.165) is 5.56 Å². The van der Waals surface area contributed by atoms with E-state index in [9.17, 15) is 4.79 Å². The summed E-state index contributed by atoms with van der Waals surface area (Å²) in [6.07, 6.45) is -0.735. The molecule has 0 aliphatic heterocycles. The SMILES string of the molecule is O=C(Nc1c(Cl)c(Cl)nc(Cl)c1Cl)OCc1ccccc1. The topological polar surface area (TPSA) is 51.2 Å². The van der Waals surface area contributed by atoms with Gasteiger partial charge in [-0.2, -0.15) is 0 Å². The maximum Gasteiger partial charge on any atom is 0.412 e. The second kappa shape index (κ2) is 7.18. The monoisotopic (exact) mass is 364 g/mol. The number of aromatic nitrogens is 1. The van der Waals surface area contributed by atoms with Crippen molar-refractivity contribution in [2.45, 2.75) is 6.61 Å². The van der Waals surface area contributed by atoms with E-state index in [4.69, 9.17) is 51.1 Å². The lowest BCUT2D eigenvalue weighted by Gasteiger charge is -2.11. The van der Waals surface area contributed by atoms with Gasteiger partial charge in [-0.1, -0.05) is 76.7 Å². The molecule has 0 aliphatic carbocycles. The lowest BCUT2D eigenvalue weighted by atomic mass is 10.2. The zero-order valence-electron chi connectivity index (χ0n) is 10.4. The summed E-state index contributed by atoms with van der Waals surface area (Å²) in [5.41, 5.74) is 0.900. The van der Waals surface area contributed by atoms with Gasteiger partial charge in [-0.05, 0) is 5.56 Å². The minimum absolute atomic E-state index is 0.0114. The first-order chi connectivity index (χ1) is 9.99. The van der Waals surface area contributed by atoms with Crippen LogP contribution in [0.3, 0.4) is 0 Å². The fraction of sp³-hybridized carbons (Fsp3) is 0.0769. The fourth-order valence-corrected chi connectivity index (χ4v) is 2.28. The van der Waals surface area contributed by atoms with Crippen molar-refractivity contribution in [1.29, 1.82) is 0 Å². The van der Waals surface area contributed by atoms with Crippen LogP contribution in [0.15, 0.2) is 30.3 Å². The first-order valence-electron chi connectivity index (χ1n) is 5.66. The predicted molar refractivity (Wildman–Crippen MR) is 84.5 cm³/mol. The molecule has 0 bridgehead atoms. The Kier molecular flexibility index (Phi) is 5.53. The van der Waals surface area contributed by atoms with Crippen LogP contribution in [-0.2, 0) is 11.3 Å². The molecule has 0 aliphatic rings. The number of ether oxygens (including phenoxy) is 1. The Morgan fingerprint density at radius 2 is 1.62 bits per heavy atom. The lowest BCUT2D eigenvalue weighted by molar-refractivity contribution is 0.155. The van der Waals surface area contributed by atoms with Crippen molar-refractivity contribution in [1.82, 2.24) is 4.98 Å². The molecule has 2 aromatic rings. The molecule has 1 aromatic carbocycles. The second-order valence-corrected chi connectivity index (χ2v) is 5.36. The van der Waals surface area contributed by atoms with Gasteiger partial charge in [0.2, 0.25) is 0 Å². The molecule has 0 saturated heterocycles. The number of anilines is 1. The predicted octanol–water partition coefficient (Wildman–Crippen LogP) is 5.44. The maximum absolute atomic E-state index is 11.8. The van der Waals surface area contributed by atoms with Gasteiger partial charge in [-0.25, -0.2) is 9.78 Å². The largest absolute Gasteiger partial charge is 0.444 e. The number of halogens is 4. The lowest BCUT2D eigenvalue weighted by Crippen LogP contribution is -2.14. The number of hydrogen-bond donors (Lipinski definition) is 1. The molecule has 2 rings (SSSR count). The van der Waals surface area contributed by atoms with Crippen LogP contribution >= 0.6 is 46.4 Å². The zero-order valence-corrected chi connectivity index (χ0v) is 13.4. The minimum atomic E-state index is -0.735. The molecule has 0 unspecified atom stereocenters. The maximum atomic E-state index is 11.8. The molecule has 4 nitrogen and oxygen atoms in total. The highest BCUT2D eigenvalue weighted by Crippen LogP contribution is 2.38. The first kappa shape index (κ1) is 16.2. The van der Waals surface area contributed by atoms with Crippen LogP contribution < -0.4 is 5.32 Å². The molecule has 0 atom stereocenters. The van der Waals surface area contributed by atoms with Gasteiger partial charge in [-0.15, -0.1) is 0 Å². The number of carbonyl (C=O) groups excluding carboxylic acids is 1. The third-order valence-corrected chi connectivity index (χ3v) is 3.91. The number of benzene rings is 1. The van der Waals surface area contributed by atoms with Crippen LogP contribution in [0.2, 0.25) is 20.4 Å². The average molecular weight is 366 g/mol. The van der Waals surface area contributed by atoms with E-state index in [2.05, 4.69) is 10.3 Å². The van der Waals surface area contributed by atoms with E-state index in [1.165, 1.54) is 0 Å². The number of hydrogen-bond acceptors (Lipinski definition) is 3. The third-order valence-electron chi connectivity index (χ3n) is 2.44. The van der Waals surface area contributed by atoms with Crippen molar-refractivity contribution < 1.29 is 9.53 Å². The van der Waals surface area contributed by atoms with E-state index >= 15 is 0 Å². The van der Waals surface area contributed by atoms with Gasteiger partial charge in [0.15, 0.2) is 10.3 Å². The van der Waals surface area contributed by atoms with Crippen molar-refractivity contribution in [3.63, 3.8) is 0 Å². The van der Waals surface area contributed by atoms with E-state index in [-0.39, 0.29) is 32.6 Å². The van der Waals surface area contributed by atoms with Crippen molar-refractivity contribution in [3.8, 4) is 0 Å². The van der Waals surface area contributed by atoms with Gasteiger partial charge in [0.1, 0.15) is 16.7 Å². The Hall–Kier alpha value is -1.20. The number of rotatable bonds is 3. The van der Waals surface area contributed by atoms with Crippen LogP contribution in [0, 0.1) is 0 Å². The van der Waals surface area contributed by atoms with Crippen LogP contribution in [0.1, 0.15) is 5.56 Å². The summed E-state index contributed by atoms with van der Waals surface area (Å²) in [6.45, 7) is 0.106. The van der Waals surface area contributed by atoms with Crippen LogP contribution in [0.25, 0.3) is 0 Å². The van der Waals surface area contributed by atoms with Crippen molar-refractivity contribution in [2.75, 3.05) is 5.32 Å². The van der Waals surface area contributed by atoms with E-state index in [0.29, 0.717) is 0 Å². The zero-order chi connectivity index (χ0) is 15.4. The molecule has 1 heterocycles. The molecule has 1 N–H and O–H groups in total. The van der Waals surface area contributed by atoms with Gasteiger partial charge in [0.05, 0.1) is 5.69 Å². The van der Waals surface area contributed by atoms with E-state index in [1.807, 2.05) is 30.3 Å². The summed E-state index contributed by atoms with van der Waals surface area (Å²) in [7, 11) is 0. The van der Waals surface area contributed by atoms with Crippen molar-refractivity contribution in [3.05, 3.63) is 56.2 Å². The van der Waals surface area contributed by atoms with Crippen LogP contribution in [-0.4, -0.2) is 11.1 Å². The van der Waals surface area contributed by atoms with Gasteiger partial charge < -0.3 is 4.74 Å². The molecule has 21 heavy (non-hydrogen) atoms. The summed E-state index contributed by atoms with van der Waals surface area (Å²) in [6, 6.07) is 9.20. The van der Waals surface area contributed by atoms with Gasteiger partial charge >= 0.3 is 6.09 Å². The summed E-state index contributed by atoms with van der Waals surface area (Å²) in [4.78, 5) is 15.5. The Balaban J connectivity index is 2.07. The normalized spacial score (nSPS) is 10.3. The molecule has 1 aromatic heterocycles. The molecule has 0 spiro atoms. The Labute approximate surface area is 140 Å². The second-order valence-electron chi connectivity index (χ2n) is 3.88. The standard InChI is InChI=1S/C13H8Cl4N2O2/c14-8-10(9(15)12(17)19-11(8)16)18-13(20)21-6-7-4-2-1-3-5-7/h1-5H,6H2,(H,18,19,20). The number of amides is 1. The molecular weight excluding hydrogens is 358 g/mol. The Bertz CT molecular complexity index is 639. The van der Waals surface area contributed by atoms with Gasteiger partial charge in [0, 0.05) is 0 Å². The van der Waals surface area contributed by atoms with E-state index in [1.54, 1.807) is 0 Å². The van der Waals surface area contributed by atoms with Crippen molar-refractivity contribution in [2.24, 2.45) is 0 Å². The highest BCUT2D eigenvalue weighted by Gasteiger charge is 2.18. The summed E-state index contributed by atoms with van der Waals surface area (Å²) >= 11 is 23.4. The Morgan fingerprint density at radius 3 is 2.19 bits per heavy atom. The highest BCUT2D eigenvalue weighted by molar-refractivity contribution is 6.49. The number of nitrogens with zero attached hydrogens (tertiary/aromatic N) is 1. The van der Waals surface area contributed by atoms with Gasteiger partial charge in [0.25, 0.3) is 0 Å². The van der Waals surface area contributed by atoms with E-state index < -0.39 is 6.09 Å². The molecule has 110 valence electrons. The molecule has 0 fully saturated rings.